The number of ether oxygens (including phenoxy) is 2. The van der Waals surface area contributed by atoms with E-state index in [-0.39, 0.29) is 6.04 Å². The van der Waals surface area contributed by atoms with Crippen LogP contribution in [0.1, 0.15) is 31.2 Å². The van der Waals surface area contributed by atoms with E-state index in [2.05, 4.69) is 9.47 Å². The second-order valence-electron chi connectivity index (χ2n) is 7.09. The van der Waals surface area contributed by atoms with Gasteiger partial charge in [-0.25, -0.2) is 0 Å². The Kier molecular flexibility index (Phi) is 5.00. The molecule has 1 N–H and O–H groups in total. The van der Waals surface area contributed by atoms with Crippen molar-refractivity contribution in [2.75, 3.05) is 13.6 Å². The van der Waals surface area contributed by atoms with Crippen molar-refractivity contribution in [1.29, 1.82) is 0 Å². The minimum Gasteiger partial charge on any atom is -0.402 e. The van der Waals surface area contributed by atoms with Crippen molar-refractivity contribution in [2.45, 2.75) is 56.0 Å². The SMILES string of the molecule is CN1CC[C@]2(c3ccc(OC(F)(F)F)c(OC(F)(F)F)c3)CC[C@H](O)C[C@H]12. The molecule has 1 aliphatic heterocycles. The molecule has 10 heteroatoms. The van der Waals surface area contributed by atoms with Gasteiger partial charge in [-0.15, -0.1) is 26.3 Å². The number of halogens is 6. The van der Waals surface area contributed by atoms with Crippen LogP contribution < -0.4 is 9.47 Å². The summed E-state index contributed by atoms with van der Waals surface area (Å²) in [5.74, 6) is -2.06. The predicted octanol–water partition coefficient (Wildman–Crippen LogP) is 3.97. The Morgan fingerprint density at radius 1 is 1.04 bits per heavy atom. The van der Waals surface area contributed by atoms with Crippen LogP contribution in [0.4, 0.5) is 26.3 Å². The van der Waals surface area contributed by atoms with E-state index < -0.39 is 35.7 Å². The summed E-state index contributed by atoms with van der Waals surface area (Å²) in [6, 6.07) is 3.08. The molecule has 1 heterocycles. The average molecular weight is 399 g/mol. The van der Waals surface area contributed by atoms with Crippen molar-refractivity contribution in [2.24, 2.45) is 0 Å². The molecule has 0 bridgehead atoms. The fourth-order valence-corrected chi connectivity index (χ4v) is 4.33. The molecule has 2 aliphatic rings. The molecule has 2 fully saturated rings. The first-order valence-electron chi connectivity index (χ1n) is 8.44. The lowest BCUT2D eigenvalue weighted by atomic mass is 9.65. The highest BCUT2D eigenvalue weighted by atomic mass is 19.4. The molecular weight excluding hydrogens is 380 g/mol. The fourth-order valence-electron chi connectivity index (χ4n) is 4.33. The van der Waals surface area contributed by atoms with Gasteiger partial charge in [0.05, 0.1) is 6.10 Å². The molecule has 3 atom stereocenters. The zero-order chi connectivity index (χ0) is 20.0. The third kappa shape index (κ3) is 4.26. The minimum atomic E-state index is -5.16. The molecule has 1 saturated carbocycles. The van der Waals surface area contributed by atoms with Gasteiger partial charge in [-0.3, -0.25) is 0 Å². The Morgan fingerprint density at radius 2 is 1.67 bits per heavy atom. The van der Waals surface area contributed by atoms with E-state index in [1.54, 1.807) is 0 Å². The number of rotatable bonds is 3. The summed E-state index contributed by atoms with van der Waals surface area (Å²) in [6.45, 7) is 0.674. The number of alkyl halides is 6. The van der Waals surface area contributed by atoms with Gasteiger partial charge in [-0.2, -0.15) is 0 Å². The summed E-state index contributed by atoms with van der Waals surface area (Å²) >= 11 is 0. The molecule has 1 aromatic carbocycles. The molecule has 0 unspecified atom stereocenters. The van der Waals surface area contributed by atoms with Crippen LogP contribution in [0.15, 0.2) is 18.2 Å². The van der Waals surface area contributed by atoms with Crippen LogP contribution in [-0.2, 0) is 5.41 Å². The first-order valence-corrected chi connectivity index (χ1v) is 8.44. The summed E-state index contributed by atoms with van der Waals surface area (Å²) in [5.41, 5.74) is -0.0911. The van der Waals surface area contributed by atoms with Crippen LogP contribution in [0.25, 0.3) is 0 Å². The first kappa shape index (κ1) is 20.1. The second kappa shape index (κ2) is 6.73. The lowest BCUT2D eigenvalue weighted by molar-refractivity contribution is -0.287. The smallest absolute Gasteiger partial charge is 0.402 e. The van der Waals surface area contributed by atoms with Gasteiger partial charge in [0.2, 0.25) is 0 Å². The quantitative estimate of drug-likeness (QED) is 0.782. The maximum atomic E-state index is 12.7. The van der Waals surface area contributed by atoms with Gasteiger partial charge >= 0.3 is 12.7 Å². The first-order chi connectivity index (χ1) is 12.4. The molecular formula is C17H19F6NO3. The molecule has 0 radical (unpaired) electrons. The van der Waals surface area contributed by atoms with Gasteiger partial charge in [-0.1, -0.05) is 6.07 Å². The van der Waals surface area contributed by atoms with E-state index in [0.717, 1.165) is 12.1 Å². The normalized spacial score (nSPS) is 29.5. The highest BCUT2D eigenvalue weighted by Crippen LogP contribution is 2.50. The van der Waals surface area contributed by atoms with E-state index in [0.29, 0.717) is 37.8 Å². The zero-order valence-corrected chi connectivity index (χ0v) is 14.4. The Morgan fingerprint density at radius 3 is 2.30 bits per heavy atom. The van der Waals surface area contributed by atoms with Crippen molar-refractivity contribution in [3.8, 4) is 11.5 Å². The Labute approximate surface area is 151 Å². The van der Waals surface area contributed by atoms with Crippen molar-refractivity contribution in [1.82, 2.24) is 4.90 Å². The van der Waals surface area contributed by atoms with E-state index in [1.807, 2.05) is 11.9 Å². The van der Waals surface area contributed by atoms with Crippen molar-refractivity contribution in [3.05, 3.63) is 23.8 Å². The molecule has 1 aromatic rings. The number of fused-ring (bicyclic) bond motifs is 1. The Bertz CT molecular complexity index is 692. The molecule has 152 valence electrons. The zero-order valence-electron chi connectivity index (χ0n) is 14.4. The van der Waals surface area contributed by atoms with E-state index >= 15 is 0 Å². The summed E-state index contributed by atoms with van der Waals surface area (Å²) < 4.78 is 83.2. The van der Waals surface area contributed by atoms with Crippen LogP contribution in [0.2, 0.25) is 0 Å². The van der Waals surface area contributed by atoms with Crippen molar-refractivity contribution >= 4 is 0 Å². The van der Waals surface area contributed by atoms with Gasteiger partial charge in [0.1, 0.15) is 0 Å². The summed E-state index contributed by atoms with van der Waals surface area (Å²) in [7, 11) is 1.86. The van der Waals surface area contributed by atoms with Crippen LogP contribution in [-0.4, -0.2) is 48.5 Å². The molecule has 4 nitrogen and oxygen atoms in total. The lowest BCUT2D eigenvalue weighted by Gasteiger charge is -2.43. The molecule has 0 amide bonds. The van der Waals surface area contributed by atoms with Crippen LogP contribution in [0.3, 0.4) is 0 Å². The van der Waals surface area contributed by atoms with Crippen LogP contribution >= 0.6 is 0 Å². The highest BCUT2D eigenvalue weighted by molar-refractivity contribution is 5.47. The van der Waals surface area contributed by atoms with Gasteiger partial charge in [0.25, 0.3) is 0 Å². The molecule has 0 aromatic heterocycles. The topological polar surface area (TPSA) is 41.9 Å². The van der Waals surface area contributed by atoms with Gasteiger partial charge in [-0.05, 0) is 57.0 Å². The molecule has 3 rings (SSSR count). The number of benzene rings is 1. The molecule has 0 spiro atoms. The average Bonchev–Trinajstić information content (AvgIpc) is 2.84. The number of nitrogens with zero attached hydrogens (tertiary/aromatic N) is 1. The monoisotopic (exact) mass is 399 g/mol. The minimum absolute atomic E-state index is 0.116. The Balaban J connectivity index is 2.02. The summed E-state index contributed by atoms with van der Waals surface area (Å²) in [4.78, 5) is 2.02. The number of likely N-dealkylation sites (N-methyl/N-ethyl adjacent to an activating group) is 1. The van der Waals surface area contributed by atoms with E-state index in [1.165, 1.54) is 6.07 Å². The largest absolute Gasteiger partial charge is 0.573 e. The summed E-state index contributed by atoms with van der Waals surface area (Å²) in [6.07, 6.45) is -8.74. The molecule has 1 aliphatic carbocycles. The predicted molar refractivity (Wildman–Crippen MR) is 82.4 cm³/mol. The number of hydrogen-bond acceptors (Lipinski definition) is 4. The maximum Gasteiger partial charge on any atom is 0.573 e. The highest BCUT2D eigenvalue weighted by Gasteiger charge is 2.50. The van der Waals surface area contributed by atoms with E-state index in [9.17, 15) is 31.4 Å². The fraction of sp³-hybridized carbons (Fsp3) is 0.647. The Hall–Kier alpha value is -1.68. The van der Waals surface area contributed by atoms with Crippen molar-refractivity contribution < 1.29 is 40.9 Å². The maximum absolute atomic E-state index is 12.7. The van der Waals surface area contributed by atoms with Gasteiger partial charge in [0.15, 0.2) is 11.5 Å². The third-order valence-corrected chi connectivity index (χ3v) is 5.47. The third-order valence-electron chi connectivity index (χ3n) is 5.47. The number of hydrogen-bond donors (Lipinski definition) is 1. The summed E-state index contributed by atoms with van der Waals surface area (Å²) in [5, 5.41) is 9.97. The second-order valence-corrected chi connectivity index (χ2v) is 7.09. The lowest BCUT2D eigenvalue weighted by Crippen LogP contribution is -2.47. The number of likely N-dealkylation sites (tertiary alicyclic amines) is 1. The van der Waals surface area contributed by atoms with Crippen LogP contribution in [0, 0.1) is 0 Å². The van der Waals surface area contributed by atoms with Gasteiger partial charge < -0.3 is 19.5 Å². The van der Waals surface area contributed by atoms with Crippen molar-refractivity contribution in [3.63, 3.8) is 0 Å². The number of aliphatic hydroxyl groups excluding tert-OH is 1. The number of aliphatic hydroxyl groups is 1. The van der Waals surface area contributed by atoms with Gasteiger partial charge in [0, 0.05) is 11.5 Å². The molecule has 27 heavy (non-hydrogen) atoms. The van der Waals surface area contributed by atoms with E-state index in [4.69, 9.17) is 0 Å². The molecule has 1 saturated heterocycles. The van der Waals surface area contributed by atoms with Crippen LogP contribution in [0.5, 0.6) is 11.5 Å². The standard InChI is InChI=1S/C17H19F6NO3/c1-24-7-6-15(5-4-11(25)9-14(15)24)10-2-3-12(26-16(18,19)20)13(8-10)27-17(21,22)23/h2-3,8,11,14,25H,4-7,9H2,1H3/t11-,14-,15-/m0/s1.